The van der Waals surface area contributed by atoms with Crippen LogP contribution in [0.5, 0.6) is 0 Å². The molecule has 0 atom stereocenters. The molecule has 0 spiro atoms. The summed E-state index contributed by atoms with van der Waals surface area (Å²) in [7, 11) is 0. The number of nitrogens with one attached hydrogen (secondary N) is 1. The van der Waals surface area contributed by atoms with Crippen LogP contribution in [0.25, 0.3) is 10.9 Å². The quantitative estimate of drug-likeness (QED) is 0.777. The minimum atomic E-state index is -0.619. The van der Waals surface area contributed by atoms with Crippen molar-refractivity contribution in [2.24, 2.45) is 0 Å². The molecule has 0 aliphatic heterocycles. The third-order valence-electron chi connectivity index (χ3n) is 2.20. The number of H-pyrrole nitrogens is 1. The SMILES string of the molecule is O=CCn1c(=O)[nH]c2cc(Cl)ccc2c1=O. The van der Waals surface area contributed by atoms with E-state index in [2.05, 4.69) is 4.98 Å². The van der Waals surface area contributed by atoms with E-state index in [9.17, 15) is 14.4 Å². The van der Waals surface area contributed by atoms with Crippen LogP contribution in [0.2, 0.25) is 5.02 Å². The number of halogens is 1. The van der Waals surface area contributed by atoms with Gasteiger partial charge >= 0.3 is 5.69 Å². The fourth-order valence-electron chi connectivity index (χ4n) is 1.47. The van der Waals surface area contributed by atoms with Gasteiger partial charge in [0, 0.05) is 5.02 Å². The molecule has 0 aliphatic carbocycles. The molecule has 0 amide bonds. The summed E-state index contributed by atoms with van der Waals surface area (Å²) in [6.07, 6.45) is 0.498. The Hall–Kier alpha value is -1.88. The number of carbonyl (C=O) groups is 1. The van der Waals surface area contributed by atoms with E-state index in [1.807, 2.05) is 0 Å². The summed E-state index contributed by atoms with van der Waals surface area (Å²) in [6.45, 7) is -0.257. The van der Waals surface area contributed by atoms with Crippen molar-refractivity contribution in [3.63, 3.8) is 0 Å². The van der Waals surface area contributed by atoms with Gasteiger partial charge in [0.15, 0.2) is 0 Å². The van der Waals surface area contributed by atoms with E-state index in [4.69, 9.17) is 11.6 Å². The summed E-state index contributed by atoms with van der Waals surface area (Å²) in [5.41, 5.74) is -0.751. The van der Waals surface area contributed by atoms with Crippen molar-refractivity contribution in [3.8, 4) is 0 Å². The molecule has 0 aliphatic rings. The number of hydrogen-bond acceptors (Lipinski definition) is 3. The van der Waals surface area contributed by atoms with E-state index >= 15 is 0 Å². The predicted octanol–water partition coefficient (Wildman–Crippen LogP) is 0.542. The van der Waals surface area contributed by atoms with Gasteiger partial charge < -0.3 is 9.78 Å². The molecule has 1 heterocycles. The second-order valence-electron chi connectivity index (χ2n) is 3.20. The zero-order valence-electron chi connectivity index (χ0n) is 8.07. The minimum absolute atomic E-state index is 0.257. The monoisotopic (exact) mass is 238 g/mol. The first kappa shape index (κ1) is 10.6. The maximum atomic E-state index is 11.8. The maximum Gasteiger partial charge on any atom is 0.329 e. The second-order valence-corrected chi connectivity index (χ2v) is 3.64. The van der Waals surface area contributed by atoms with Gasteiger partial charge in [-0.25, -0.2) is 4.79 Å². The normalized spacial score (nSPS) is 10.6. The average Bonchev–Trinajstić information content (AvgIpc) is 2.23. The molecule has 1 N–H and O–H groups in total. The first-order chi connectivity index (χ1) is 7.63. The van der Waals surface area contributed by atoms with Crippen molar-refractivity contribution in [1.29, 1.82) is 0 Å². The topological polar surface area (TPSA) is 71.9 Å². The Kier molecular flexibility index (Phi) is 2.62. The highest BCUT2D eigenvalue weighted by Gasteiger charge is 2.06. The van der Waals surface area contributed by atoms with E-state index in [1.54, 1.807) is 6.07 Å². The average molecular weight is 239 g/mol. The molecule has 0 bridgehead atoms. The highest BCUT2D eigenvalue weighted by atomic mass is 35.5. The van der Waals surface area contributed by atoms with Gasteiger partial charge in [0.1, 0.15) is 6.29 Å². The van der Waals surface area contributed by atoms with Gasteiger partial charge in [0.05, 0.1) is 17.4 Å². The molecule has 0 radical (unpaired) electrons. The summed E-state index contributed by atoms with van der Waals surface area (Å²) < 4.78 is 0.837. The van der Waals surface area contributed by atoms with Crippen molar-refractivity contribution in [3.05, 3.63) is 44.1 Å². The van der Waals surface area contributed by atoms with Crippen LogP contribution in [-0.4, -0.2) is 15.8 Å². The van der Waals surface area contributed by atoms with Crippen LogP contribution in [0.4, 0.5) is 0 Å². The number of hydrogen-bond donors (Lipinski definition) is 1. The van der Waals surface area contributed by atoms with Gasteiger partial charge in [0.2, 0.25) is 0 Å². The molecule has 6 heteroatoms. The first-order valence-corrected chi connectivity index (χ1v) is 4.87. The molecular weight excluding hydrogens is 232 g/mol. The van der Waals surface area contributed by atoms with Gasteiger partial charge in [-0.1, -0.05) is 11.6 Å². The molecule has 0 unspecified atom stereocenters. The first-order valence-electron chi connectivity index (χ1n) is 4.49. The lowest BCUT2D eigenvalue weighted by molar-refractivity contribution is -0.108. The molecule has 16 heavy (non-hydrogen) atoms. The summed E-state index contributed by atoms with van der Waals surface area (Å²) in [5.74, 6) is 0. The number of nitrogens with zero attached hydrogens (tertiary/aromatic N) is 1. The summed E-state index contributed by atoms with van der Waals surface area (Å²) >= 11 is 5.74. The third-order valence-corrected chi connectivity index (χ3v) is 2.44. The van der Waals surface area contributed by atoms with Gasteiger partial charge in [-0.3, -0.25) is 9.36 Å². The van der Waals surface area contributed by atoms with Crippen molar-refractivity contribution < 1.29 is 4.79 Å². The molecule has 0 saturated carbocycles. The van der Waals surface area contributed by atoms with E-state index in [1.165, 1.54) is 12.1 Å². The van der Waals surface area contributed by atoms with E-state index in [-0.39, 0.29) is 6.54 Å². The van der Waals surface area contributed by atoms with Crippen molar-refractivity contribution in [2.45, 2.75) is 6.54 Å². The Labute approximate surface area is 94.3 Å². The smallest absolute Gasteiger partial charge is 0.307 e. The summed E-state index contributed by atoms with van der Waals surface area (Å²) in [5, 5.41) is 0.751. The van der Waals surface area contributed by atoms with Gasteiger partial charge in [-0.15, -0.1) is 0 Å². The molecule has 82 valence electrons. The van der Waals surface area contributed by atoms with Crippen LogP contribution in [0.3, 0.4) is 0 Å². The molecule has 1 aromatic carbocycles. The highest BCUT2D eigenvalue weighted by Crippen LogP contribution is 2.13. The lowest BCUT2D eigenvalue weighted by Gasteiger charge is -2.02. The number of aromatic nitrogens is 2. The van der Waals surface area contributed by atoms with Crippen LogP contribution >= 0.6 is 11.6 Å². The molecule has 0 fully saturated rings. The third kappa shape index (κ3) is 1.65. The highest BCUT2D eigenvalue weighted by molar-refractivity contribution is 6.31. The second kappa shape index (κ2) is 3.94. The molecule has 5 nitrogen and oxygen atoms in total. The molecule has 0 saturated heterocycles. The predicted molar refractivity (Wildman–Crippen MR) is 59.9 cm³/mol. The van der Waals surface area contributed by atoms with Crippen LogP contribution in [0, 0.1) is 0 Å². The van der Waals surface area contributed by atoms with Gasteiger partial charge in [-0.05, 0) is 18.2 Å². The molecule has 2 rings (SSSR count). The fourth-order valence-corrected chi connectivity index (χ4v) is 1.64. The van der Waals surface area contributed by atoms with E-state index < -0.39 is 11.2 Å². The minimum Gasteiger partial charge on any atom is -0.307 e. The molecule has 2 aromatic rings. The number of fused-ring (bicyclic) bond motifs is 1. The van der Waals surface area contributed by atoms with E-state index in [0.717, 1.165) is 4.57 Å². The van der Waals surface area contributed by atoms with Crippen LogP contribution in [0.1, 0.15) is 0 Å². The number of aldehydes is 1. The van der Waals surface area contributed by atoms with Crippen LogP contribution < -0.4 is 11.2 Å². The Balaban J connectivity index is 2.89. The van der Waals surface area contributed by atoms with E-state index in [0.29, 0.717) is 22.2 Å². The Morgan fingerprint density at radius 2 is 2.12 bits per heavy atom. The Morgan fingerprint density at radius 3 is 2.81 bits per heavy atom. The number of rotatable bonds is 2. The fraction of sp³-hybridized carbons (Fsp3) is 0.100. The lowest BCUT2D eigenvalue weighted by atomic mass is 10.2. The molecular formula is C10H7ClN2O3. The van der Waals surface area contributed by atoms with Crippen LogP contribution in [0.15, 0.2) is 27.8 Å². The zero-order chi connectivity index (χ0) is 11.7. The lowest BCUT2D eigenvalue weighted by Crippen LogP contribution is -2.35. The Bertz CT molecular complexity index is 672. The number of carbonyl (C=O) groups excluding carboxylic acids is 1. The van der Waals surface area contributed by atoms with Crippen molar-refractivity contribution in [2.75, 3.05) is 0 Å². The summed E-state index contributed by atoms with van der Waals surface area (Å²) in [4.78, 5) is 36.1. The van der Waals surface area contributed by atoms with Gasteiger partial charge in [0.25, 0.3) is 5.56 Å². The standard InChI is InChI=1S/C10H7ClN2O3/c11-6-1-2-7-8(5-6)12-10(16)13(3-4-14)9(7)15/h1-2,4-5H,3H2,(H,12,16). The van der Waals surface area contributed by atoms with Crippen molar-refractivity contribution >= 4 is 28.8 Å². The maximum absolute atomic E-state index is 11.8. The number of benzene rings is 1. The zero-order valence-corrected chi connectivity index (χ0v) is 8.82. The molecule has 1 aromatic heterocycles. The Morgan fingerprint density at radius 1 is 1.38 bits per heavy atom. The number of aromatic amines is 1. The largest absolute Gasteiger partial charge is 0.329 e. The van der Waals surface area contributed by atoms with Gasteiger partial charge in [-0.2, -0.15) is 0 Å². The van der Waals surface area contributed by atoms with Crippen LogP contribution in [-0.2, 0) is 11.3 Å². The van der Waals surface area contributed by atoms with Crippen molar-refractivity contribution in [1.82, 2.24) is 9.55 Å². The summed E-state index contributed by atoms with van der Waals surface area (Å²) in [6, 6.07) is 4.55.